The van der Waals surface area contributed by atoms with E-state index in [-0.39, 0.29) is 47.1 Å². The topological polar surface area (TPSA) is 90.5 Å². The van der Waals surface area contributed by atoms with E-state index in [9.17, 15) is 13.6 Å². The minimum Gasteiger partial charge on any atom is -0.463 e. The van der Waals surface area contributed by atoms with Gasteiger partial charge in [-0.2, -0.15) is 0 Å². The molecule has 2 heterocycles. The van der Waals surface area contributed by atoms with Crippen molar-refractivity contribution in [3.63, 3.8) is 0 Å². The van der Waals surface area contributed by atoms with Gasteiger partial charge in [0.2, 0.25) is 5.88 Å². The molecule has 2 aromatic rings. The molecule has 0 spiro atoms. The number of amidine groups is 1. The number of hydrogen-bond acceptors (Lipinski definition) is 7. The number of Topliss-reactive ketones (excluding diaryl/α,β-unsaturated/α-hetero) is 1. The highest BCUT2D eigenvalue weighted by atomic mass is 32.2. The van der Waals surface area contributed by atoms with Crippen LogP contribution in [0.25, 0.3) is 0 Å². The van der Waals surface area contributed by atoms with Gasteiger partial charge in [-0.25, -0.2) is 18.7 Å². The number of benzene rings is 1. The highest BCUT2D eigenvalue weighted by molar-refractivity contribution is 8.14. The summed E-state index contributed by atoms with van der Waals surface area (Å²) in [6, 6.07) is 2.52. The average Bonchev–Trinajstić information content (AvgIpc) is 3.49. The van der Waals surface area contributed by atoms with Gasteiger partial charge < -0.3 is 10.5 Å². The van der Waals surface area contributed by atoms with Crippen molar-refractivity contribution in [3.8, 4) is 18.2 Å². The molecule has 1 saturated carbocycles. The fourth-order valence-corrected chi connectivity index (χ4v) is 4.97. The minimum absolute atomic E-state index is 0.0335. The molecule has 2 N–H and O–H groups in total. The molecule has 0 unspecified atom stereocenters. The van der Waals surface area contributed by atoms with Gasteiger partial charge in [0.1, 0.15) is 5.69 Å². The van der Waals surface area contributed by atoms with Crippen LogP contribution in [0.5, 0.6) is 5.88 Å². The molecular weight excluding hydrogens is 410 g/mol. The fourth-order valence-electron chi connectivity index (χ4n) is 3.69. The Bertz CT molecular complexity index is 1080. The maximum absolute atomic E-state index is 14.7. The Labute approximate surface area is 176 Å². The molecule has 0 radical (unpaired) electrons. The molecule has 9 heteroatoms. The van der Waals surface area contributed by atoms with Crippen molar-refractivity contribution in [2.24, 2.45) is 16.6 Å². The molecule has 1 aromatic heterocycles. The van der Waals surface area contributed by atoms with Crippen molar-refractivity contribution in [2.45, 2.75) is 30.6 Å². The van der Waals surface area contributed by atoms with Gasteiger partial charge in [-0.3, -0.25) is 9.79 Å². The Balaban J connectivity index is 1.59. The number of fused-ring (bicyclic) bond motifs is 1. The van der Waals surface area contributed by atoms with Crippen LogP contribution in [0, 0.1) is 29.9 Å². The van der Waals surface area contributed by atoms with Crippen molar-refractivity contribution in [2.75, 3.05) is 6.61 Å². The molecule has 0 bridgehead atoms. The van der Waals surface area contributed by atoms with Gasteiger partial charge in [0.25, 0.3) is 0 Å². The van der Waals surface area contributed by atoms with Gasteiger partial charge in [0.05, 0.1) is 17.9 Å². The molecule has 1 aliphatic heterocycles. The van der Waals surface area contributed by atoms with Crippen LogP contribution in [0.2, 0.25) is 0 Å². The molecule has 1 aromatic carbocycles. The third-order valence-electron chi connectivity index (χ3n) is 5.28. The summed E-state index contributed by atoms with van der Waals surface area (Å²) in [7, 11) is 0. The second-order valence-electron chi connectivity index (χ2n) is 7.37. The van der Waals surface area contributed by atoms with Crippen molar-refractivity contribution in [1.82, 2.24) is 9.97 Å². The first-order valence-corrected chi connectivity index (χ1v) is 10.1. The largest absolute Gasteiger partial charge is 0.463 e. The summed E-state index contributed by atoms with van der Waals surface area (Å²) in [6.07, 6.45) is 8.32. The van der Waals surface area contributed by atoms with Crippen LogP contribution in [-0.4, -0.2) is 32.8 Å². The molecule has 0 amide bonds. The van der Waals surface area contributed by atoms with Crippen molar-refractivity contribution in [1.29, 1.82) is 0 Å². The molecule has 154 valence electrons. The summed E-state index contributed by atoms with van der Waals surface area (Å²) in [5.41, 5.74) is 5.46. The molecule has 1 fully saturated rings. The normalized spacial score (nSPS) is 24.4. The first-order valence-electron chi connectivity index (χ1n) is 9.23. The first-order chi connectivity index (χ1) is 14.3. The van der Waals surface area contributed by atoms with Crippen LogP contribution in [0.15, 0.2) is 29.5 Å². The predicted molar refractivity (Wildman–Crippen MR) is 109 cm³/mol. The lowest BCUT2D eigenvalue weighted by molar-refractivity contribution is 0.0987. The van der Waals surface area contributed by atoms with Gasteiger partial charge >= 0.3 is 0 Å². The Morgan fingerprint density at radius 1 is 1.40 bits per heavy atom. The van der Waals surface area contributed by atoms with E-state index in [1.54, 1.807) is 6.92 Å². The van der Waals surface area contributed by atoms with Crippen LogP contribution in [0.1, 0.15) is 35.0 Å². The van der Waals surface area contributed by atoms with E-state index in [0.29, 0.717) is 10.7 Å². The summed E-state index contributed by atoms with van der Waals surface area (Å²) in [6.45, 7) is 1.79. The molecule has 30 heavy (non-hydrogen) atoms. The number of ketones is 1. The number of aliphatic imine (C=N–C) groups is 1. The van der Waals surface area contributed by atoms with E-state index in [2.05, 4.69) is 20.9 Å². The summed E-state index contributed by atoms with van der Waals surface area (Å²) in [5.74, 6) is 0.197. The van der Waals surface area contributed by atoms with Crippen molar-refractivity contribution < 1.29 is 18.3 Å². The number of carbonyl (C=O) groups is 1. The maximum atomic E-state index is 14.7. The zero-order chi connectivity index (χ0) is 21.5. The lowest BCUT2D eigenvalue weighted by Gasteiger charge is -2.30. The quantitative estimate of drug-likeness (QED) is 0.562. The van der Waals surface area contributed by atoms with E-state index < -0.39 is 17.2 Å². The van der Waals surface area contributed by atoms with Crippen molar-refractivity contribution in [3.05, 3.63) is 53.0 Å². The number of nitrogens with two attached hydrogens (primary N) is 1. The monoisotopic (exact) mass is 428 g/mol. The molecule has 2 aliphatic rings. The third-order valence-corrected chi connectivity index (χ3v) is 6.44. The predicted octanol–water partition coefficient (Wildman–Crippen LogP) is 2.86. The Morgan fingerprint density at radius 2 is 2.20 bits per heavy atom. The standard InChI is InChI=1S/C21H18F2N4O2S/c1-3-4-29-18-10-25-15(9-26-18)16(28)7-11-5-13(19(23)14(22)6-11)21(2)12-8-17(12)30-20(24)27-21/h1,5-6,9-10,12,17H,4,7-8H2,2H3,(H2,24,27)/t12-,17+,21+/m1/s1. The third kappa shape index (κ3) is 3.75. The van der Waals surface area contributed by atoms with Crippen LogP contribution < -0.4 is 10.5 Å². The molecule has 4 rings (SSSR count). The van der Waals surface area contributed by atoms with Crippen molar-refractivity contribution >= 4 is 22.7 Å². The minimum atomic E-state index is -1.02. The number of terminal acetylenes is 1. The number of thioether (sulfide) groups is 1. The SMILES string of the molecule is C#CCOc1cnc(C(=O)Cc2cc(F)c(F)c([C@@]3(C)N=C(N)S[C@H]4C[C@H]43)c2)cn1. The van der Waals surface area contributed by atoms with Gasteiger partial charge in [-0.05, 0) is 31.0 Å². The number of halogens is 2. The van der Waals surface area contributed by atoms with Gasteiger partial charge in [-0.15, -0.1) is 6.42 Å². The highest BCUT2D eigenvalue weighted by Crippen LogP contribution is 2.57. The molecular formula is C21H18F2N4O2S. The van der Waals surface area contributed by atoms with E-state index >= 15 is 0 Å². The van der Waals surface area contributed by atoms with Gasteiger partial charge in [0, 0.05) is 23.2 Å². The lowest BCUT2D eigenvalue weighted by atomic mass is 9.85. The Hall–Kier alpha value is -2.99. The lowest BCUT2D eigenvalue weighted by Crippen LogP contribution is -2.32. The first kappa shape index (κ1) is 20.3. The van der Waals surface area contributed by atoms with Crippen LogP contribution >= 0.6 is 11.8 Å². The van der Waals surface area contributed by atoms with E-state index in [4.69, 9.17) is 16.9 Å². The number of rotatable bonds is 6. The summed E-state index contributed by atoms with van der Waals surface area (Å²) < 4.78 is 34.2. The molecule has 3 atom stereocenters. The Morgan fingerprint density at radius 3 is 2.90 bits per heavy atom. The highest BCUT2D eigenvalue weighted by Gasteiger charge is 2.55. The molecule has 6 nitrogen and oxygen atoms in total. The Kier molecular flexibility index (Phi) is 5.20. The number of carbonyl (C=O) groups excluding carboxylic acids is 1. The summed E-state index contributed by atoms with van der Waals surface area (Å²) in [5, 5.41) is 0.616. The smallest absolute Gasteiger partial charge is 0.233 e. The molecule has 1 aliphatic carbocycles. The maximum Gasteiger partial charge on any atom is 0.233 e. The fraction of sp³-hybridized carbons (Fsp3) is 0.333. The summed E-state index contributed by atoms with van der Waals surface area (Å²) in [4.78, 5) is 25.0. The molecule has 0 saturated heterocycles. The number of hydrogen-bond donors (Lipinski definition) is 1. The average molecular weight is 428 g/mol. The second kappa shape index (κ2) is 7.69. The number of nitrogens with zero attached hydrogens (tertiary/aromatic N) is 3. The zero-order valence-electron chi connectivity index (χ0n) is 16.1. The zero-order valence-corrected chi connectivity index (χ0v) is 16.9. The van der Waals surface area contributed by atoms with Crippen LogP contribution in [0.3, 0.4) is 0 Å². The van der Waals surface area contributed by atoms with Crippen LogP contribution in [0.4, 0.5) is 8.78 Å². The number of ether oxygens (including phenoxy) is 1. The van der Waals surface area contributed by atoms with E-state index in [1.165, 1.54) is 30.2 Å². The number of aromatic nitrogens is 2. The van der Waals surface area contributed by atoms with Gasteiger partial charge in [-0.1, -0.05) is 17.7 Å². The van der Waals surface area contributed by atoms with E-state index in [0.717, 1.165) is 12.5 Å². The summed E-state index contributed by atoms with van der Waals surface area (Å²) >= 11 is 1.46. The van der Waals surface area contributed by atoms with Gasteiger partial charge in [0.15, 0.2) is 29.2 Å². The second-order valence-corrected chi connectivity index (χ2v) is 8.63. The van der Waals surface area contributed by atoms with E-state index in [1.807, 2.05) is 0 Å². The van der Waals surface area contributed by atoms with Crippen LogP contribution in [-0.2, 0) is 12.0 Å².